The van der Waals surface area contributed by atoms with E-state index in [9.17, 15) is 14.4 Å². The molecule has 0 rings (SSSR count). The number of nitrogens with one attached hydrogen (secondary N) is 1. The van der Waals surface area contributed by atoms with Crippen LogP contribution in [0.3, 0.4) is 0 Å². The standard InChI is InChI=1S/C25H46N2O3/c1-11-14-21(16(4)5)24(29)26-22(17(6)7)25(30)27(10)23(18(8)12-2)19(9)15-20(28)13-3/h16-17,19,21-23H,8,11-15H2,1-7,9-10H3,(H,26,29)/t19-,21+,22+,23+/m1/s1. The number of likely N-dealkylation sites (N-methyl/N-ethyl adjacent to an activating group) is 1. The molecule has 5 heteroatoms. The van der Waals surface area contributed by atoms with Gasteiger partial charge in [-0.25, -0.2) is 0 Å². The molecule has 5 nitrogen and oxygen atoms in total. The van der Waals surface area contributed by atoms with Gasteiger partial charge in [-0.15, -0.1) is 0 Å². The van der Waals surface area contributed by atoms with Gasteiger partial charge < -0.3 is 10.2 Å². The molecule has 0 bridgehead atoms. The van der Waals surface area contributed by atoms with Crippen molar-refractivity contribution >= 4 is 17.6 Å². The van der Waals surface area contributed by atoms with Gasteiger partial charge in [0.25, 0.3) is 0 Å². The third-order valence-electron chi connectivity index (χ3n) is 6.09. The van der Waals surface area contributed by atoms with Crippen LogP contribution in [0.25, 0.3) is 0 Å². The monoisotopic (exact) mass is 422 g/mol. The van der Waals surface area contributed by atoms with Gasteiger partial charge in [-0.05, 0) is 30.6 Å². The second kappa shape index (κ2) is 13.6. The van der Waals surface area contributed by atoms with E-state index in [0.29, 0.717) is 12.8 Å². The summed E-state index contributed by atoms with van der Waals surface area (Å²) in [7, 11) is 1.77. The molecule has 0 aliphatic carbocycles. The molecule has 0 spiro atoms. The van der Waals surface area contributed by atoms with Crippen LogP contribution in [0.15, 0.2) is 12.2 Å². The van der Waals surface area contributed by atoms with Crippen LogP contribution in [0, 0.1) is 23.7 Å². The Labute approximate surface area is 185 Å². The quantitative estimate of drug-likeness (QED) is 0.401. The van der Waals surface area contributed by atoms with Gasteiger partial charge in [0.15, 0.2) is 0 Å². The fraction of sp³-hybridized carbons (Fsp3) is 0.800. The number of amides is 2. The Bertz CT molecular complexity index is 583. The molecule has 0 unspecified atom stereocenters. The zero-order chi connectivity index (χ0) is 23.6. The molecule has 1 N–H and O–H groups in total. The van der Waals surface area contributed by atoms with Crippen molar-refractivity contribution in [1.82, 2.24) is 10.2 Å². The highest BCUT2D eigenvalue weighted by Crippen LogP contribution is 2.25. The molecule has 0 radical (unpaired) electrons. The van der Waals surface area contributed by atoms with Crippen LogP contribution >= 0.6 is 0 Å². The summed E-state index contributed by atoms with van der Waals surface area (Å²) in [6.45, 7) is 20.1. The van der Waals surface area contributed by atoms with Gasteiger partial charge in [0.05, 0.1) is 6.04 Å². The molecule has 0 aromatic heterocycles. The minimum atomic E-state index is -0.596. The highest BCUT2D eigenvalue weighted by atomic mass is 16.2. The molecule has 2 amide bonds. The maximum Gasteiger partial charge on any atom is 0.245 e. The lowest BCUT2D eigenvalue weighted by molar-refractivity contribution is -0.140. The number of rotatable bonds is 14. The van der Waals surface area contributed by atoms with Crippen molar-refractivity contribution in [1.29, 1.82) is 0 Å². The fourth-order valence-electron chi connectivity index (χ4n) is 4.09. The Kier molecular flexibility index (Phi) is 12.9. The number of carbonyl (C=O) groups excluding carboxylic acids is 3. The molecule has 0 saturated carbocycles. The molecule has 30 heavy (non-hydrogen) atoms. The van der Waals surface area contributed by atoms with Crippen molar-refractivity contribution in [2.75, 3.05) is 7.05 Å². The normalized spacial score (nSPS) is 15.4. The van der Waals surface area contributed by atoms with Crippen molar-refractivity contribution in [2.45, 2.75) is 99.6 Å². The van der Waals surface area contributed by atoms with E-state index in [-0.39, 0.29) is 47.3 Å². The second-order valence-electron chi connectivity index (χ2n) is 9.35. The van der Waals surface area contributed by atoms with Gasteiger partial charge in [-0.1, -0.05) is 74.0 Å². The van der Waals surface area contributed by atoms with E-state index >= 15 is 0 Å². The average Bonchev–Trinajstić information content (AvgIpc) is 2.68. The van der Waals surface area contributed by atoms with E-state index in [2.05, 4.69) is 18.8 Å². The smallest absolute Gasteiger partial charge is 0.245 e. The number of hydrogen-bond acceptors (Lipinski definition) is 3. The van der Waals surface area contributed by atoms with E-state index in [1.54, 1.807) is 11.9 Å². The summed E-state index contributed by atoms with van der Waals surface area (Å²) in [6, 6.07) is -0.825. The lowest BCUT2D eigenvalue weighted by atomic mass is 9.87. The predicted molar refractivity (Wildman–Crippen MR) is 125 cm³/mol. The molecular formula is C25H46N2O3. The zero-order valence-corrected chi connectivity index (χ0v) is 20.9. The minimum absolute atomic E-state index is 0.0223. The summed E-state index contributed by atoms with van der Waals surface area (Å²) in [5.74, 6) is 0.0768. The molecule has 0 saturated heterocycles. The maximum atomic E-state index is 13.5. The summed E-state index contributed by atoms with van der Waals surface area (Å²) >= 11 is 0. The van der Waals surface area contributed by atoms with Crippen LogP contribution in [0.1, 0.15) is 87.5 Å². The highest BCUT2D eigenvalue weighted by Gasteiger charge is 2.35. The molecule has 0 aliphatic rings. The lowest BCUT2D eigenvalue weighted by Gasteiger charge is -2.37. The van der Waals surface area contributed by atoms with Crippen LogP contribution in [0.4, 0.5) is 0 Å². The topological polar surface area (TPSA) is 66.5 Å². The third-order valence-corrected chi connectivity index (χ3v) is 6.09. The van der Waals surface area contributed by atoms with Crippen molar-refractivity contribution in [2.24, 2.45) is 23.7 Å². The zero-order valence-electron chi connectivity index (χ0n) is 20.9. The number of ketones is 1. The first kappa shape index (κ1) is 28.4. The fourth-order valence-corrected chi connectivity index (χ4v) is 4.09. The molecular weight excluding hydrogens is 376 g/mol. The van der Waals surface area contributed by atoms with Gasteiger partial charge in [-0.3, -0.25) is 14.4 Å². The Morgan fingerprint density at radius 3 is 1.90 bits per heavy atom. The Morgan fingerprint density at radius 2 is 1.50 bits per heavy atom. The van der Waals surface area contributed by atoms with Crippen molar-refractivity contribution in [3.63, 3.8) is 0 Å². The second-order valence-corrected chi connectivity index (χ2v) is 9.35. The van der Waals surface area contributed by atoms with Gasteiger partial charge in [0.1, 0.15) is 11.8 Å². The summed E-state index contributed by atoms with van der Waals surface area (Å²) in [4.78, 5) is 40.2. The van der Waals surface area contributed by atoms with E-state index < -0.39 is 6.04 Å². The van der Waals surface area contributed by atoms with Crippen LogP contribution in [-0.2, 0) is 14.4 Å². The molecule has 174 valence electrons. The summed E-state index contributed by atoms with van der Waals surface area (Å²) in [5.41, 5.74) is 0.933. The van der Waals surface area contributed by atoms with Gasteiger partial charge in [-0.2, -0.15) is 0 Å². The first-order valence-electron chi connectivity index (χ1n) is 11.7. The molecule has 0 fully saturated rings. The van der Waals surface area contributed by atoms with E-state index in [0.717, 1.165) is 24.8 Å². The number of nitrogens with zero attached hydrogens (tertiary/aromatic N) is 1. The SMILES string of the molecule is C=C(CC)[C@@H]([C@H](C)CC(=O)CC)N(C)C(=O)[C@@H](NC(=O)[C@@H](CCC)C(C)C)C(C)C. The molecule has 0 heterocycles. The lowest BCUT2D eigenvalue weighted by Crippen LogP contribution is -2.55. The van der Waals surface area contributed by atoms with Gasteiger partial charge >= 0.3 is 0 Å². The van der Waals surface area contributed by atoms with E-state index in [4.69, 9.17) is 0 Å². The molecule has 0 aromatic carbocycles. The molecule has 4 atom stereocenters. The van der Waals surface area contributed by atoms with Crippen molar-refractivity contribution in [3.8, 4) is 0 Å². The predicted octanol–water partition coefficient (Wildman–Crippen LogP) is 5.00. The molecule has 0 aliphatic heterocycles. The van der Waals surface area contributed by atoms with Gasteiger partial charge in [0, 0.05) is 25.8 Å². The molecule has 0 aromatic rings. The number of Topliss-reactive ketones (excluding diaryl/α,β-unsaturated/α-hetero) is 1. The first-order chi connectivity index (χ1) is 13.9. The highest BCUT2D eigenvalue weighted by molar-refractivity contribution is 5.89. The van der Waals surface area contributed by atoms with E-state index in [1.165, 1.54) is 0 Å². The van der Waals surface area contributed by atoms with Crippen LogP contribution < -0.4 is 5.32 Å². The average molecular weight is 423 g/mol. The van der Waals surface area contributed by atoms with Crippen LogP contribution in [0.5, 0.6) is 0 Å². The van der Waals surface area contributed by atoms with Crippen LogP contribution in [-0.4, -0.2) is 41.6 Å². The Morgan fingerprint density at radius 1 is 0.933 bits per heavy atom. The van der Waals surface area contributed by atoms with Crippen molar-refractivity contribution < 1.29 is 14.4 Å². The number of hydrogen-bond donors (Lipinski definition) is 1. The Hall–Kier alpha value is -1.65. The van der Waals surface area contributed by atoms with E-state index in [1.807, 2.05) is 48.5 Å². The summed E-state index contributed by atoms with van der Waals surface area (Å²) < 4.78 is 0. The minimum Gasteiger partial charge on any atom is -0.344 e. The number of carbonyl (C=O) groups is 3. The Balaban J connectivity index is 5.67. The van der Waals surface area contributed by atoms with Gasteiger partial charge in [0.2, 0.25) is 11.8 Å². The third kappa shape index (κ3) is 8.23. The maximum absolute atomic E-state index is 13.5. The largest absolute Gasteiger partial charge is 0.344 e. The first-order valence-corrected chi connectivity index (χ1v) is 11.7. The summed E-state index contributed by atoms with van der Waals surface area (Å²) in [5, 5.41) is 3.04. The van der Waals surface area contributed by atoms with Crippen molar-refractivity contribution in [3.05, 3.63) is 12.2 Å². The van der Waals surface area contributed by atoms with Crippen LogP contribution in [0.2, 0.25) is 0 Å². The summed E-state index contributed by atoms with van der Waals surface area (Å²) in [6.07, 6.45) is 3.38.